The van der Waals surface area contributed by atoms with Crippen LogP contribution in [-0.2, 0) is 0 Å². The van der Waals surface area contributed by atoms with E-state index in [9.17, 15) is 4.79 Å². The van der Waals surface area contributed by atoms with Crippen LogP contribution in [0.2, 0.25) is 0 Å². The Morgan fingerprint density at radius 2 is 1.85 bits per heavy atom. The van der Waals surface area contributed by atoms with Crippen LogP contribution in [0, 0.1) is 11.3 Å². The van der Waals surface area contributed by atoms with E-state index in [-0.39, 0.29) is 11.1 Å². The molecule has 0 aliphatic carbocycles. The lowest BCUT2D eigenvalue weighted by molar-refractivity contribution is 0.0696. The summed E-state index contributed by atoms with van der Waals surface area (Å²) in [5.41, 5.74) is -0.527. The lowest BCUT2D eigenvalue weighted by Crippen LogP contribution is -1.99. The van der Waals surface area contributed by atoms with Crippen LogP contribution in [0.5, 0.6) is 11.5 Å². The number of nitrogens with zero attached hydrogens (tertiary/aromatic N) is 1. The van der Waals surface area contributed by atoms with Gasteiger partial charge >= 0.3 is 5.97 Å². The first-order valence-electron chi connectivity index (χ1n) is 3.25. The van der Waals surface area contributed by atoms with Crippen LogP contribution in [0.15, 0.2) is 12.1 Å². The molecule has 0 fully saturated rings. The standard InChI is InChI=1S/C8H5NO4/c9-3-4-1-6(10)7(11)2-5(4)8(12)13/h1-2,10-11H,(H,12,13). The van der Waals surface area contributed by atoms with Gasteiger partial charge in [0.1, 0.15) is 6.07 Å². The maximum absolute atomic E-state index is 10.5. The lowest BCUT2D eigenvalue weighted by Gasteiger charge is -2.01. The third-order valence-corrected chi connectivity index (χ3v) is 1.47. The number of benzene rings is 1. The Balaban J connectivity index is 3.44. The predicted molar refractivity (Wildman–Crippen MR) is 41.4 cm³/mol. The van der Waals surface area contributed by atoms with Gasteiger partial charge in [0.15, 0.2) is 11.5 Å². The average Bonchev–Trinajstić information content (AvgIpc) is 2.08. The van der Waals surface area contributed by atoms with Crippen LogP contribution in [0.4, 0.5) is 0 Å². The van der Waals surface area contributed by atoms with Crippen LogP contribution in [0.25, 0.3) is 0 Å². The average molecular weight is 179 g/mol. The number of rotatable bonds is 1. The molecule has 3 N–H and O–H groups in total. The van der Waals surface area contributed by atoms with Gasteiger partial charge in [0, 0.05) is 6.07 Å². The molecule has 0 aromatic heterocycles. The number of aromatic hydroxyl groups is 2. The molecule has 5 nitrogen and oxygen atoms in total. The quantitative estimate of drug-likeness (QED) is 0.550. The van der Waals surface area contributed by atoms with Crippen LogP contribution in [0.1, 0.15) is 15.9 Å². The number of carbonyl (C=O) groups is 1. The number of aromatic carboxylic acids is 1. The second-order valence-corrected chi connectivity index (χ2v) is 2.30. The molecule has 1 aromatic carbocycles. The summed E-state index contributed by atoms with van der Waals surface area (Å²) < 4.78 is 0. The summed E-state index contributed by atoms with van der Waals surface area (Å²) in [5.74, 6) is -2.40. The highest BCUT2D eigenvalue weighted by molar-refractivity contribution is 5.91. The van der Waals surface area contributed by atoms with Gasteiger partial charge in [-0.1, -0.05) is 0 Å². The molecule has 1 aromatic rings. The van der Waals surface area contributed by atoms with Gasteiger partial charge in [0.05, 0.1) is 11.1 Å². The molecule has 0 radical (unpaired) electrons. The topological polar surface area (TPSA) is 102 Å². The molecule has 0 heterocycles. The second kappa shape index (κ2) is 3.03. The predicted octanol–water partition coefficient (Wildman–Crippen LogP) is 0.668. The Morgan fingerprint density at radius 3 is 2.31 bits per heavy atom. The Labute approximate surface area is 73.1 Å². The van der Waals surface area contributed by atoms with E-state index in [1.807, 2.05) is 0 Å². The smallest absolute Gasteiger partial charge is 0.337 e. The largest absolute Gasteiger partial charge is 0.504 e. The van der Waals surface area contributed by atoms with Crippen molar-refractivity contribution >= 4 is 5.97 Å². The molecule has 0 saturated carbocycles. The molecular weight excluding hydrogens is 174 g/mol. The van der Waals surface area contributed by atoms with Gasteiger partial charge in [-0.25, -0.2) is 4.79 Å². The summed E-state index contributed by atoms with van der Waals surface area (Å²) in [6.07, 6.45) is 0. The van der Waals surface area contributed by atoms with Gasteiger partial charge in [-0.3, -0.25) is 0 Å². The van der Waals surface area contributed by atoms with Gasteiger partial charge in [0.25, 0.3) is 0 Å². The SMILES string of the molecule is N#Cc1cc(O)c(O)cc1C(=O)O. The van der Waals surface area contributed by atoms with Gasteiger partial charge in [-0.15, -0.1) is 0 Å². The number of nitriles is 1. The Hall–Kier alpha value is -2.22. The van der Waals surface area contributed by atoms with E-state index in [0.717, 1.165) is 12.1 Å². The second-order valence-electron chi connectivity index (χ2n) is 2.30. The summed E-state index contributed by atoms with van der Waals surface area (Å²) in [5, 5.41) is 34.9. The van der Waals surface area contributed by atoms with Crippen molar-refractivity contribution < 1.29 is 20.1 Å². The summed E-state index contributed by atoms with van der Waals surface area (Å²) in [6.45, 7) is 0. The van der Waals surface area contributed by atoms with E-state index in [0.29, 0.717) is 0 Å². The molecule has 0 spiro atoms. The van der Waals surface area contributed by atoms with Crippen molar-refractivity contribution in [1.29, 1.82) is 5.26 Å². The first-order chi connectivity index (χ1) is 6.06. The number of phenols is 2. The summed E-state index contributed by atoms with van der Waals surface area (Å²) in [6, 6.07) is 3.32. The molecule has 0 aliphatic rings. The number of carboxylic acids is 1. The molecule has 0 amide bonds. The molecule has 13 heavy (non-hydrogen) atoms. The van der Waals surface area contributed by atoms with E-state index in [4.69, 9.17) is 20.6 Å². The molecule has 0 aliphatic heterocycles. The Bertz CT molecular complexity index is 405. The highest BCUT2D eigenvalue weighted by atomic mass is 16.4. The van der Waals surface area contributed by atoms with Crippen LogP contribution >= 0.6 is 0 Å². The number of phenolic OH excluding ortho intramolecular Hbond substituents is 2. The molecule has 0 saturated heterocycles. The summed E-state index contributed by atoms with van der Waals surface area (Å²) in [7, 11) is 0. The highest BCUT2D eigenvalue weighted by Gasteiger charge is 2.13. The van der Waals surface area contributed by atoms with Gasteiger partial charge in [-0.05, 0) is 6.07 Å². The van der Waals surface area contributed by atoms with Crippen molar-refractivity contribution in [3.8, 4) is 17.6 Å². The molecule has 0 bridgehead atoms. The van der Waals surface area contributed by atoms with E-state index >= 15 is 0 Å². The van der Waals surface area contributed by atoms with Crippen molar-refractivity contribution in [2.45, 2.75) is 0 Å². The minimum absolute atomic E-state index is 0.192. The fourth-order valence-electron chi connectivity index (χ4n) is 0.846. The van der Waals surface area contributed by atoms with Crippen LogP contribution in [0.3, 0.4) is 0 Å². The third-order valence-electron chi connectivity index (χ3n) is 1.47. The van der Waals surface area contributed by atoms with Crippen molar-refractivity contribution in [3.63, 3.8) is 0 Å². The maximum Gasteiger partial charge on any atom is 0.337 e. The fourth-order valence-corrected chi connectivity index (χ4v) is 0.846. The van der Waals surface area contributed by atoms with Crippen molar-refractivity contribution in [3.05, 3.63) is 23.3 Å². The number of hydrogen-bond acceptors (Lipinski definition) is 4. The monoisotopic (exact) mass is 179 g/mol. The zero-order chi connectivity index (χ0) is 10.0. The molecule has 5 heteroatoms. The van der Waals surface area contributed by atoms with Gasteiger partial charge in [-0.2, -0.15) is 5.26 Å². The molecule has 0 unspecified atom stereocenters. The third kappa shape index (κ3) is 1.51. The minimum Gasteiger partial charge on any atom is -0.504 e. The highest BCUT2D eigenvalue weighted by Crippen LogP contribution is 2.27. The molecule has 0 atom stereocenters. The minimum atomic E-state index is -1.33. The van der Waals surface area contributed by atoms with Gasteiger partial charge < -0.3 is 15.3 Å². The van der Waals surface area contributed by atoms with Gasteiger partial charge in [0.2, 0.25) is 0 Å². The van der Waals surface area contributed by atoms with Crippen molar-refractivity contribution in [1.82, 2.24) is 0 Å². The van der Waals surface area contributed by atoms with Crippen molar-refractivity contribution in [2.24, 2.45) is 0 Å². The fraction of sp³-hybridized carbons (Fsp3) is 0. The zero-order valence-corrected chi connectivity index (χ0v) is 6.35. The molecule has 1 rings (SSSR count). The van der Waals surface area contributed by atoms with Crippen LogP contribution < -0.4 is 0 Å². The van der Waals surface area contributed by atoms with E-state index < -0.39 is 17.5 Å². The summed E-state index contributed by atoms with van der Waals surface area (Å²) in [4.78, 5) is 10.5. The van der Waals surface area contributed by atoms with Crippen molar-refractivity contribution in [2.75, 3.05) is 0 Å². The maximum atomic E-state index is 10.5. The Kier molecular flexibility index (Phi) is 2.07. The Morgan fingerprint density at radius 1 is 1.31 bits per heavy atom. The van der Waals surface area contributed by atoms with E-state index in [1.165, 1.54) is 0 Å². The van der Waals surface area contributed by atoms with Crippen LogP contribution in [-0.4, -0.2) is 21.3 Å². The first kappa shape index (κ1) is 8.87. The molecular formula is C8H5NO4. The van der Waals surface area contributed by atoms with E-state index in [1.54, 1.807) is 6.07 Å². The number of hydrogen-bond donors (Lipinski definition) is 3. The van der Waals surface area contributed by atoms with E-state index in [2.05, 4.69) is 0 Å². The zero-order valence-electron chi connectivity index (χ0n) is 6.35. The first-order valence-corrected chi connectivity index (χ1v) is 3.25. The normalized spacial score (nSPS) is 9.15. The molecule has 66 valence electrons. The summed E-state index contributed by atoms with van der Waals surface area (Å²) >= 11 is 0. The number of carboxylic acid groups (broad SMARTS) is 1. The lowest BCUT2D eigenvalue weighted by atomic mass is 10.1.